The predicted molar refractivity (Wildman–Crippen MR) is 145 cm³/mol. The smallest absolute Gasteiger partial charge is 0.266 e. The Balaban J connectivity index is 1.66. The first kappa shape index (κ1) is 26.4. The fourth-order valence-corrected chi connectivity index (χ4v) is 4.39. The number of nitrogens with zero attached hydrogens (tertiary/aromatic N) is 3. The highest BCUT2D eigenvalue weighted by atomic mass is 19.1. The predicted octanol–water partition coefficient (Wildman–Crippen LogP) is 4.64. The number of aromatic hydroxyl groups is 1. The molecule has 0 spiro atoms. The zero-order chi connectivity index (χ0) is 28.4. The molecule has 10 heteroatoms. The summed E-state index contributed by atoms with van der Waals surface area (Å²) in [7, 11) is 2.89. The summed E-state index contributed by atoms with van der Waals surface area (Å²) < 4.78 is 40.8. The van der Waals surface area contributed by atoms with Gasteiger partial charge in [-0.3, -0.25) is 18.7 Å². The third-order valence-electron chi connectivity index (χ3n) is 6.35. The Morgan fingerprint density at radius 3 is 2.08 bits per heavy atom. The number of aromatic nitrogens is 3. The van der Waals surface area contributed by atoms with Crippen LogP contribution >= 0.6 is 0 Å². The molecule has 3 aromatic carbocycles. The van der Waals surface area contributed by atoms with Crippen LogP contribution in [0.15, 0.2) is 94.6 Å². The molecule has 0 amide bonds. The SMILES string of the molecule is COc1cccc(OC)c1-n1c(-c2ccc(F)cc2)nc(O)c(Cc2ccc(-n3cc(F)ccc3=O)cc2)c1=O. The van der Waals surface area contributed by atoms with Gasteiger partial charge in [0.15, 0.2) is 5.82 Å². The van der Waals surface area contributed by atoms with Gasteiger partial charge in [0, 0.05) is 29.9 Å². The maximum Gasteiger partial charge on any atom is 0.266 e. The second-order valence-corrected chi connectivity index (χ2v) is 8.79. The molecule has 0 fully saturated rings. The number of para-hydroxylation sites is 1. The van der Waals surface area contributed by atoms with E-state index in [4.69, 9.17) is 9.47 Å². The van der Waals surface area contributed by atoms with E-state index in [1.807, 2.05) is 0 Å². The molecule has 0 saturated carbocycles. The van der Waals surface area contributed by atoms with Crippen LogP contribution in [-0.2, 0) is 6.42 Å². The normalized spacial score (nSPS) is 10.9. The van der Waals surface area contributed by atoms with E-state index in [0.717, 1.165) is 22.9 Å². The van der Waals surface area contributed by atoms with E-state index in [1.165, 1.54) is 43.1 Å². The van der Waals surface area contributed by atoms with E-state index in [1.54, 1.807) is 42.5 Å². The molecule has 0 aliphatic heterocycles. The molecular formula is C30H23F2N3O5. The van der Waals surface area contributed by atoms with Crippen molar-refractivity contribution in [1.29, 1.82) is 0 Å². The summed E-state index contributed by atoms with van der Waals surface area (Å²) in [5, 5.41) is 10.9. The molecule has 40 heavy (non-hydrogen) atoms. The Morgan fingerprint density at radius 2 is 1.45 bits per heavy atom. The maximum absolute atomic E-state index is 14.1. The van der Waals surface area contributed by atoms with Crippen molar-refractivity contribution in [2.24, 2.45) is 0 Å². The third kappa shape index (κ3) is 4.94. The van der Waals surface area contributed by atoms with Crippen LogP contribution in [0, 0.1) is 11.6 Å². The van der Waals surface area contributed by atoms with Gasteiger partial charge in [0.05, 0.1) is 19.8 Å². The van der Waals surface area contributed by atoms with Crippen molar-refractivity contribution in [3.63, 3.8) is 0 Å². The molecular weight excluding hydrogens is 520 g/mol. The average Bonchev–Trinajstić information content (AvgIpc) is 2.97. The molecule has 0 aliphatic rings. The standard InChI is InChI=1S/C30H23F2N3O5/c1-39-24-4-3-5-25(40-2)27(24)35-28(19-8-10-20(31)11-9-19)33-29(37)23(30(35)38)16-18-6-13-22(14-7-18)34-17-21(32)12-15-26(34)36/h3-15,17,37H,16H2,1-2H3. The van der Waals surface area contributed by atoms with Gasteiger partial charge in [-0.05, 0) is 60.2 Å². The van der Waals surface area contributed by atoms with Gasteiger partial charge in [-0.2, -0.15) is 4.98 Å². The molecule has 0 aliphatic carbocycles. The zero-order valence-electron chi connectivity index (χ0n) is 21.5. The summed E-state index contributed by atoms with van der Waals surface area (Å²) in [6.45, 7) is 0. The van der Waals surface area contributed by atoms with Gasteiger partial charge < -0.3 is 14.6 Å². The van der Waals surface area contributed by atoms with E-state index in [2.05, 4.69) is 4.98 Å². The Labute approximate surface area is 227 Å². The van der Waals surface area contributed by atoms with Crippen molar-refractivity contribution in [2.45, 2.75) is 6.42 Å². The fourth-order valence-electron chi connectivity index (χ4n) is 4.39. The third-order valence-corrected chi connectivity index (χ3v) is 6.35. The first-order chi connectivity index (χ1) is 19.3. The van der Waals surface area contributed by atoms with Gasteiger partial charge in [0.2, 0.25) is 5.88 Å². The highest BCUT2D eigenvalue weighted by Gasteiger charge is 2.24. The quantitative estimate of drug-likeness (QED) is 0.321. The second kappa shape index (κ2) is 10.9. The Bertz CT molecular complexity index is 1790. The lowest BCUT2D eigenvalue weighted by atomic mass is 10.1. The molecule has 2 heterocycles. The number of hydrogen-bond donors (Lipinski definition) is 1. The number of methoxy groups -OCH3 is 2. The summed E-state index contributed by atoms with van der Waals surface area (Å²) in [4.78, 5) is 30.5. The largest absolute Gasteiger partial charge is 0.494 e. The molecule has 0 saturated heterocycles. The number of ether oxygens (including phenoxy) is 2. The molecule has 2 aromatic heterocycles. The van der Waals surface area contributed by atoms with Gasteiger partial charge in [-0.1, -0.05) is 18.2 Å². The lowest BCUT2D eigenvalue weighted by Crippen LogP contribution is -2.26. The number of pyridine rings is 1. The Kier molecular flexibility index (Phi) is 7.15. The summed E-state index contributed by atoms with van der Waals surface area (Å²) in [5.41, 5.74) is 0.661. The van der Waals surface area contributed by atoms with Crippen LogP contribution in [0.5, 0.6) is 17.4 Å². The molecule has 1 N–H and O–H groups in total. The van der Waals surface area contributed by atoms with Crippen molar-refractivity contribution in [3.8, 4) is 40.1 Å². The monoisotopic (exact) mass is 543 g/mol. The first-order valence-electron chi connectivity index (χ1n) is 12.1. The summed E-state index contributed by atoms with van der Waals surface area (Å²) in [6.07, 6.45) is 1.07. The minimum absolute atomic E-state index is 0.0167. The first-order valence-corrected chi connectivity index (χ1v) is 12.1. The van der Waals surface area contributed by atoms with E-state index in [-0.39, 0.29) is 23.5 Å². The number of hydrogen-bond acceptors (Lipinski definition) is 6. The van der Waals surface area contributed by atoms with Crippen LogP contribution in [-0.4, -0.2) is 33.4 Å². The fraction of sp³-hybridized carbons (Fsp3) is 0.100. The Morgan fingerprint density at radius 1 is 0.825 bits per heavy atom. The molecule has 0 atom stereocenters. The van der Waals surface area contributed by atoms with Gasteiger partial charge in [-0.15, -0.1) is 0 Å². The van der Waals surface area contributed by atoms with Crippen LogP contribution < -0.4 is 20.6 Å². The highest BCUT2D eigenvalue weighted by molar-refractivity contribution is 5.66. The molecule has 8 nitrogen and oxygen atoms in total. The summed E-state index contributed by atoms with van der Waals surface area (Å²) in [5.74, 6) is -0.860. The van der Waals surface area contributed by atoms with Gasteiger partial charge in [0.1, 0.15) is 28.8 Å². The molecule has 0 bridgehead atoms. The number of halogens is 2. The number of benzene rings is 3. The van der Waals surface area contributed by atoms with Crippen LogP contribution in [0.2, 0.25) is 0 Å². The Hall–Kier alpha value is -5.25. The minimum Gasteiger partial charge on any atom is -0.494 e. The van der Waals surface area contributed by atoms with Crippen molar-refractivity contribution in [1.82, 2.24) is 14.1 Å². The second-order valence-electron chi connectivity index (χ2n) is 8.79. The summed E-state index contributed by atoms with van der Waals surface area (Å²) >= 11 is 0. The van der Waals surface area contributed by atoms with Crippen molar-refractivity contribution < 1.29 is 23.4 Å². The lowest BCUT2D eigenvalue weighted by Gasteiger charge is -2.19. The maximum atomic E-state index is 14.1. The molecule has 0 radical (unpaired) electrons. The average molecular weight is 544 g/mol. The van der Waals surface area contributed by atoms with E-state index >= 15 is 0 Å². The van der Waals surface area contributed by atoms with Crippen LogP contribution in [0.4, 0.5) is 8.78 Å². The van der Waals surface area contributed by atoms with E-state index in [9.17, 15) is 23.5 Å². The zero-order valence-corrected chi connectivity index (χ0v) is 21.5. The highest BCUT2D eigenvalue weighted by Crippen LogP contribution is 2.35. The van der Waals surface area contributed by atoms with Crippen molar-refractivity contribution in [2.75, 3.05) is 14.2 Å². The topological polar surface area (TPSA) is 95.6 Å². The lowest BCUT2D eigenvalue weighted by molar-refractivity contribution is 0.389. The van der Waals surface area contributed by atoms with Crippen molar-refractivity contribution in [3.05, 3.63) is 129 Å². The van der Waals surface area contributed by atoms with Crippen molar-refractivity contribution >= 4 is 0 Å². The summed E-state index contributed by atoms with van der Waals surface area (Å²) in [6, 6.07) is 19.1. The van der Waals surface area contributed by atoms with Crippen LogP contribution in [0.25, 0.3) is 22.8 Å². The van der Waals surface area contributed by atoms with Crippen LogP contribution in [0.1, 0.15) is 11.1 Å². The van der Waals surface area contributed by atoms with E-state index in [0.29, 0.717) is 28.3 Å². The molecule has 0 unspecified atom stereocenters. The van der Waals surface area contributed by atoms with Gasteiger partial charge in [0.25, 0.3) is 11.1 Å². The number of rotatable bonds is 7. The van der Waals surface area contributed by atoms with E-state index < -0.39 is 28.6 Å². The minimum atomic E-state index is -0.597. The van der Waals surface area contributed by atoms with Gasteiger partial charge >= 0.3 is 0 Å². The molecule has 5 aromatic rings. The molecule has 202 valence electrons. The van der Waals surface area contributed by atoms with Gasteiger partial charge in [-0.25, -0.2) is 8.78 Å². The molecule has 5 rings (SSSR count). The van der Waals surface area contributed by atoms with Crippen LogP contribution in [0.3, 0.4) is 0 Å².